The Morgan fingerprint density at radius 3 is 2.48 bits per heavy atom. The summed E-state index contributed by atoms with van der Waals surface area (Å²) in [4.78, 5) is 12.6. The van der Waals surface area contributed by atoms with E-state index in [1.165, 1.54) is 13.2 Å². The van der Waals surface area contributed by atoms with Gasteiger partial charge in [-0.1, -0.05) is 29.8 Å². The van der Waals surface area contributed by atoms with Gasteiger partial charge in [-0.15, -0.1) is 0 Å². The molecular formula is C25H20BrClN2O4. The van der Waals surface area contributed by atoms with Gasteiger partial charge in [-0.05, 0) is 70.0 Å². The predicted octanol–water partition coefficient (Wildman–Crippen LogP) is 6.24. The van der Waals surface area contributed by atoms with Crippen molar-refractivity contribution in [2.75, 3.05) is 19.5 Å². The number of rotatable bonds is 8. The first-order valence-electron chi connectivity index (χ1n) is 9.76. The largest absolute Gasteiger partial charge is 0.497 e. The summed E-state index contributed by atoms with van der Waals surface area (Å²) in [6.07, 6.45) is 1.48. The number of nitrogens with one attached hydrogen (secondary N) is 1. The summed E-state index contributed by atoms with van der Waals surface area (Å²) in [5, 5.41) is 12.8. The topological polar surface area (TPSA) is 80.6 Å². The zero-order chi connectivity index (χ0) is 23.8. The van der Waals surface area contributed by atoms with E-state index in [1.54, 1.807) is 49.6 Å². The van der Waals surface area contributed by atoms with Crippen molar-refractivity contribution >= 4 is 45.2 Å². The molecule has 0 heterocycles. The molecule has 0 radical (unpaired) electrons. The van der Waals surface area contributed by atoms with E-state index in [4.69, 9.17) is 25.8 Å². The van der Waals surface area contributed by atoms with Crippen LogP contribution in [-0.4, -0.2) is 20.1 Å². The van der Waals surface area contributed by atoms with Gasteiger partial charge in [-0.3, -0.25) is 4.79 Å². The number of halogens is 2. The van der Waals surface area contributed by atoms with Crippen molar-refractivity contribution in [1.82, 2.24) is 0 Å². The molecule has 8 heteroatoms. The van der Waals surface area contributed by atoms with Crippen LogP contribution >= 0.6 is 27.5 Å². The van der Waals surface area contributed by atoms with Crippen molar-refractivity contribution in [1.29, 1.82) is 5.26 Å². The summed E-state index contributed by atoms with van der Waals surface area (Å²) in [6.45, 7) is 0.248. The Kier molecular flexibility index (Phi) is 8.36. The van der Waals surface area contributed by atoms with Gasteiger partial charge in [0.15, 0.2) is 11.5 Å². The van der Waals surface area contributed by atoms with Crippen LogP contribution in [0.25, 0.3) is 6.08 Å². The minimum Gasteiger partial charge on any atom is -0.497 e. The number of carbonyl (C=O) groups is 1. The number of methoxy groups -OCH3 is 2. The van der Waals surface area contributed by atoms with Crippen LogP contribution in [0.3, 0.4) is 0 Å². The maximum absolute atomic E-state index is 12.6. The molecule has 0 fully saturated rings. The third-order valence-electron chi connectivity index (χ3n) is 4.61. The zero-order valence-corrected chi connectivity index (χ0v) is 20.2. The van der Waals surface area contributed by atoms with E-state index in [0.717, 1.165) is 5.56 Å². The van der Waals surface area contributed by atoms with Gasteiger partial charge >= 0.3 is 0 Å². The smallest absolute Gasteiger partial charge is 0.266 e. The highest BCUT2D eigenvalue weighted by molar-refractivity contribution is 9.10. The molecule has 0 saturated carbocycles. The van der Waals surface area contributed by atoms with E-state index in [1.807, 2.05) is 24.3 Å². The van der Waals surface area contributed by atoms with Crippen LogP contribution in [0.1, 0.15) is 11.1 Å². The highest BCUT2D eigenvalue weighted by atomic mass is 79.9. The summed E-state index contributed by atoms with van der Waals surface area (Å²) in [7, 11) is 3.07. The molecule has 0 aromatic heterocycles. The molecule has 0 bridgehead atoms. The maximum atomic E-state index is 12.6. The highest BCUT2D eigenvalue weighted by Gasteiger charge is 2.15. The summed E-state index contributed by atoms with van der Waals surface area (Å²) in [5.74, 6) is 1.06. The number of ether oxygens (including phenoxy) is 3. The lowest BCUT2D eigenvalue weighted by Gasteiger charge is -2.14. The standard InChI is InChI=1S/C25H20BrClN2O4/c1-31-20-9-7-19(8-10-20)29-25(30)18(14-28)11-16-12-21(26)24(23(13-16)32-2)33-15-17-5-3-4-6-22(17)27/h3-13H,15H2,1-2H3,(H,29,30). The van der Waals surface area contributed by atoms with Crippen LogP contribution in [0.4, 0.5) is 5.69 Å². The third kappa shape index (κ3) is 6.28. The predicted molar refractivity (Wildman–Crippen MR) is 132 cm³/mol. The van der Waals surface area contributed by atoms with Crippen LogP contribution in [0.15, 0.2) is 70.7 Å². The Morgan fingerprint density at radius 1 is 1.12 bits per heavy atom. The molecule has 3 rings (SSSR count). The molecule has 0 aliphatic heterocycles. The molecule has 3 aromatic carbocycles. The number of carbonyl (C=O) groups excluding carboxylic acids is 1. The SMILES string of the molecule is COc1ccc(NC(=O)C(C#N)=Cc2cc(Br)c(OCc3ccccc3Cl)c(OC)c2)cc1. The normalized spacial score (nSPS) is 10.8. The summed E-state index contributed by atoms with van der Waals surface area (Å²) >= 11 is 9.68. The summed E-state index contributed by atoms with van der Waals surface area (Å²) in [6, 6.07) is 19.6. The Bertz CT molecular complexity index is 1220. The Hall–Kier alpha value is -3.47. The minimum atomic E-state index is -0.531. The minimum absolute atomic E-state index is 0.0653. The molecule has 0 unspecified atom stereocenters. The molecule has 0 atom stereocenters. The lowest BCUT2D eigenvalue weighted by Crippen LogP contribution is -2.13. The van der Waals surface area contributed by atoms with Crippen LogP contribution in [0.2, 0.25) is 5.02 Å². The van der Waals surface area contributed by atoms with Crippen molar-refractivity contribution < 1.29 is 19.0 Å². The van der Waals surface area contributed by atoms with Crippen LogP contribution in [0.5, 0.6) is 17.2 Å². The van der Waals surface area contributed by atoms with E-state index in [0.29, 0.717) is 38.0 Å². The van der Waals surface area contributed by atoms with Crippen molar-refractivity contribution in [3.05, 3.63) is 86.9 Å². The molecule has 33 heavy (non-hydrogen) atoms. The average Bonchev–Trinajstić information content (AvgIpc) is 2.82. The van der Waals surface area contributed by atoms with Gasteiger partial charge < -0.3 is 19.5 Å². The summed E-state index contributed by atoms with van der Waals surface area (Å²) in [5.41, 5.74) is 1.90. The lowest BCUT2D eigenvalue weighted by atomic mass is 10.1. The number of hydrogen-bond donors (Lipinski definition) is 1. The van der Waals surface area contributed by atoms with E-state index >= 15 is 0 Å². The molecule has 0 spiro atoms. The van der Waals surface area contributed by atoms with Gasteiger partial charge in [-0.2, -0.15) is 5.26 Å². The van der Waals surface area contributed by atoms with E-state index < -0.39 is 5.91 Å². The molecule has 3 aromatic rings. The summed E-state index contributed by atoms with van der Waals surface area (Å²) < 4.78 is 17.1. The third-order valence-corrected chi connectivity index (χ3v) is 5.56. The number of nitrogens with zero attached hydrogens (tertiary/aromatic N) is 1. The second-order valence-electron chi connectivity index (χ2n) is 6.77. The Balaban J connectivity index is 1.80. The first-order valence-corrected chi connectivity index (χ1v) is 10.9. The first kappa shape index (κ1) is 24.2. The lowest BCUT2D eigenvalue weighted by molar-refractivity contribution is -0.112. The van der Waals surface area contributed by atoms with Gasteiger partial charge in [0.1, 0.15) is 24.0 Å². The number of benzene rings is 3. The van der Waals surface area contributed by atoms with Crippen molar-refractivity contribution in [2.24, 2.45) is 0 Å². The Morgan fingerprint density at radius 2 is 1.85 bits per heavy atom. The van der Waals surface area contributed by atoms with Crippen molar-refractivity contribution in [3.8, 4) is 23.3 Å². The second-order valence-corrected chi connectivity index (χ2v) is 8.03. The molecule has 0 saturated heterocycles. The molecule has 1 N–H and O–H groups in total. The molecule has 6 nitrogen and oxygen atoms in total. The second kappa shape index (κ2) is 11.4. The van der Waals surface area contributed by atoms with Crippen molar-refractivity contribution in [2.45, 2.75) is 6.61 Å². The number of amides is 1. The fourth-order valence-corrected chi connectivity index (χ4v) is 3.68. The fraction of sp³-hybridized carbons (Fsp3) is 0.120. The van der Waals surface area contributed by atoms with Crippen LogP contribution in [-0.2, 0) is 11.4 Å². The molecular weight excluding hydrogens is 508 g/mol. The fourth-order valence-electron chi connectivity index (χ4n) is 2.92. The van der Waals surface area contributed by atoms with Crippen molar-refractivity contribution in [3.63, 3.8) is 0 Å². The van der Waals surface area contributed by atoms with E-state index in [9.17, 15) is 10.1 Å². The van der Waals surface area contributed by atoms with Gasteiger partial charge in [0.05, 0.1) is 18.7 Å². The van der Waals surface area contributed by atoms with Crippen LogP contribution in [0, 0.1) is 11.3 Å². The van der Waals surface area contributed by atoms with Gasteiger partial charge in [-0.25, -0.2) is 0 Å². The van der Waals surface area contributed by atoms with Gasteiger partial charge in [0.2, 0.25) is 0 Å². The quantitative estimate of drug-likeness (QED) is 0.277. The number of hydrogen-bond acceptors (Lipinski definition) is 5. The number of anilines is 1. The van der Waals surface area contributed by atoms with Gasteiger partial charge in [0, 0.05) is 16.3 Å². The van der Waals surface area contributed by atoms with Crippen LogP contribution < -0.4 is 19.5 Å². The molecule has 168 valence electrons. The maximum Gasteiger partial charge on any atom is 0.266 e. The Labute approximate surface area is 205 Å². The highest BCUT2D eigenvalue weighted by Crippen LogP contribution is 2.38. The van der Waals surface area contributed by atoms with E-state index in [-0.39, 0.29) is 12.2 Å². The number of nitriles is 1. The molecule has 0 aliphatic carbocycles. The molecule has 0 aliphatic rings. The van der Waals surface area contributed by atoms with E-state index in [2.05, 4.69) is 21.2 Å². The first-order chi connectivity index (χ1) is 15.9. The molecule has 1 amide bonds. The average molecular weight is 528 g/mol. The zero-order valence-electron chi connectivity index (χ0n) is 17.9. The monoisotopic (exact) mass is 526 g/mol. The van der Waals surface area contributed by atoms with Gasteiger partial charge in [0.25, 0.3) is 5.91 Å².